The first-order valence-corrected chi connectivity index (χ1v) is 6.49. The standard InChI is InChI=1S/C5H13N.C4H7NO2.2C2H6/c1-3-4-5-6-2;1-5-7-4-2-3-6;2*1-2/h6H,3-5H2,1-2H3;3H,1-2,4H2;2*1-2H3. The Morgan fingerprint density at radius 1 is 1.29 bits per heavy atom. The lowest BCUT2D eigenvalue weighted by Gasteiger charge is -1.89. The molecule has 0 aromatic rings. The van der Waals surface area contributed by atoms with Crippen molar-refractivity contribution >= 4 is 13.0 Å². The maximum atomic E-state index is 9.54. The van der Waals surface area contributed by atoms with E-state index in [-0.39, 0.29) is 0 Å². The van der Waals surface area contributed by atoms with Crippen molar-refractivity contribution in [1.82, 2.24) is 5.32 Å². The van der Waals surface area contributed by atoms with Crippen LogP contribution in [-0.2, 0) is 9.63 Å². The summed E-state index contributed by atoms with van der Waals surface area (Å²) in [6.07, 6.45) is 3.75. The van der Waals surface area contributed by atoms with E-state index in [0.717, 1.165) is 12.8 Å². The second kappa shape index (κ2) is 45.8. The van der Waals surface area contributed by atoms with Crippen molar-refractivity contribution in [3.63, 3.8) is 0 Å². The van der Waals surface area contributed by atoms with E-state index in [1.165, 1.54) is 12.8 Å². The lowest BCUT2D eigenvalue weighted by molar-refractivity contribution is -0.108. The van der Waals surface area contributed by atoms with Crippen LogP contribution in [0.15, 0.2) is 5.16 Å². The number of nitrogens with zero attached hydrogens (tertiary/aromatic N) is 1. The summed E-state index contributed by atoms with van der Waals surface area (Å²) in [6.45, 7) is 14.7. The molecule has 0 saturated carbocycles. The summed E-state index contributed by atoms with van der Waals surface area (Å²) in [7, 11) is 1.98. The Balaban J connectivity index is -0.0000000772. The second-order valence-corrected chi connectivity index (χ2v) is 2.37. The van der Waals surface area contributed by atoms with Gasteiger partial charge in [-0.25, -0.2) is 0 Å². The molecule has 0 saturated heterocycles. The molecule has 0 rings (SSSR count). The molecule has 0 aliphatic heterocycles. The van der Waals surface area contributed by atoms with E-state index in [1.54, 1.807) is 0 Å². The number of carbonyl (C=O) groups excluding carboxylic acids is 1. The van der Waals surface area contributed by atoms with Gasteiger partial charge in [0.25, 0.3) is 0 Å². The monoisotopic (exact) mass is 248 g/mol. The molecule has 0 spiro atoms. The molecule has 0 heterocycles. The summed E-state index contributed by atoms with van der Waals surface area (Å²) in [5.74, 6) is 0. The highest BCUT2D eigenvalue weighted by molar-refractivity contribution is 5.49. The summed E-state index contributed by atoms with van der Waals surface area (Å²) in [4.78, 5) is 13.9. The van der Waals surface area contributed by atoms with Gasteiger partial charge < -0.3 is 14.9 Å². The van der Waals surface area contributed by atoms with Crippen LogP contribution in [0.4, 0.5) is 0 Å². The van der Waals surface area contributed by atoms with Crippen molar-refractivity contribution < 1.29 is 9.63 Å². The summed E-state index contributed by atoms with van der Waals surface area (Å²) in [6, 6.07) is 0. The Kier molecular flexibility index (Phi) is 67.5. The molecule has 4 nitrogen and oxygen atoms in total. The predicted octanol–water partition coefficient (Wildman–Crippen LogP) is 3.27. The molecule has 0 aliphatic rings. The first-order valence-electron chi connectivity index (χ1n) is 6.49. The Hall–Kier alpha value is -0.900. The fraction of sp³-hybridized carbons (Fsp3) is 0.846. The lowest BCUT2D eigenvalue weighted by atomic mass is 10.3. The average Bonchev–Trinajstić information content (AvgIpc) is 2.42. The summed E-state index contributed by atoms with van der Waals surface area (Å²) in [5.41, 5.74) is 0. The van der Waals surface area contributed by atoms with Crippen molar-refractivity contribution in [2.75, 3.05) is 20.2 Å². The van der Waals surface area contributed by atoms with Gasteiger partial charge in [-0.3, -0.25) is 0 Å². The molecule has 0 bridgehead atoms. The van der Waals surface area contributed by atoms with Gasteiger partial charge in [0.1, 0.15) is 12.9 Å². The minimum absolute atomic E-state index is 0.340. The van der Waals surface area contributed by atoms with Crippen LogP contribution in [0.25, 0.3) is 0 Å². The molecule has 106 valence electrons. The molecule has 0 radical (unpaired) electrons. The first-order chi connectivity index (χ1) is 8.33. The lowest BCUT2D eigenvalue weighted by Crippen LogP contribution is -2.06. The Morgan fingerprint density at radius 3 is 2.06 bits per heavy atom. The van der Waals surface area contributed by atoms with Crippen LogP contribution in [0.3, 0.4) is 0 Å². The normalized spacial score (nSPS) is 6.94. The molecule has 0 fully saturated rings. The first kappa shape index (κ1) is 25.1. The fourth-order valence-corrected chi connectivity index (χ4v) is 0.519. The number of carbonyl (C=O) groups is 1. The van der Waals surface area contributed by atoms with Crippen LogP contribution in [0.5, 0.6) is 0 Å². The van der Waals surface area contributed by atoms with Gasteiger partial charge in [0.05, 0.1) is 0 Å². The van der Waals surface area contributed by atoms with Crippen LogP contribution in [0.2, 0.25) is 0 Å². The van der Waals surface area contributed by atoms with Gasteiger partial charge in [-0.2, -0.15) is 0 Å². The zero-order valence-corrected chi connectivity index (χ0v) is 12.6. The van der Waals surface area contributed by atoms with Gasteiger partial charge >= 0.3 is 0 Å². The molecule has 0 aromatic heterocycles. The number of nitrogens with one attached hydrogen (secondary N) is 1. The van der Waals surface area contributed by atoms with Gasteiger partial charge in [-0.1, -0.05) is 41.0 Å². The third kappa shape index (κ3) is 69.6. The highest BCUT2D eigenvalue weighted by Gasteiger charge is 1.77. The van der Waals surface area contributed by atoms with Crippen molar-refractivity contribution in [2.24, 2.45) is 5.16 Å². The Bertz CT molecular complexity index is 97.6. The van der Waals surface area contributed by atoms with Gasteiger partial charge in [0.2, 0.25) is 0 Å². The van der Waals surface area contributed by atoms with Gasteiger partial charge in [-0.05, 0) is 20.0 Å². The van der Waals surface area contributed by atoms with Crippen molar-refractivity contribution in [2.45, 2.75) is 53.9 Å². The van der Waals surface area contributed by atoms with E-state index in [1.807, 2.05) is 34.7 Å². The van der Waals surface area contributed by atoms with E-state index in [2.05, 4.69) is 29.0 Å². The largest absolute Gasteiger partial charge is 0.396 e. The Labute approximate surface area is 108 Å². The maximum absolute atomic E-state index is 9.54. The zero-order valence-electron chi connectivity index (χ0n) is 12.6. The molecule has 0 aliphatic carbocycles. The minimum Gasteiger partial charge on any atom is -0.396 e. The molecule has 4 heteroatoms. The Morgan fingerprint density at radius 2 is 1.82 bits per heavy atom. The zero-order chi connectivity index (χ0) is 14.4. The van der Waals surface area contributed by atoms with E-state index >= 15 is 0 Å². The number of hydrogen-bond acceptors (Lipinski definition) is 4. The molecule has 0 atom stereocenters. The van der Waals surface area contributed by atoms with Gasteiger partial charge in [0.15, 0.2) is 0 Å². The number of rotatable bonds is 7. The number of unbranched alkanes of at least 4 members (excludes halogenated alkanes) is 1. The third-order valence-electron chi connectivity index (χ3n) is 1.20. The van der Waals surface area contributed by atoms with Crippen molar-refractivity contribution in [1.29, 1.82) is 0 Å². The van der Waals surface area contributed by atoms with Crippen LogP contribution in [-0.4, -0.2) is 33.2 Å². The van der Waals surface area contributed by atoms with Crippen molar-refractivity contribution in [3.8, 4) is 0 Å². The molecule has 0 amide bonds. The third-order valence-corrected chi connectivity index (χ3v) is 1.20. The van der Waals surface area contributed by atoms with E-state index in [4.69, 9.17) is 0 Å². The molecule has 0 unspecified atom stereocenters. The van der Waals surface area contributed by atoms with Crippen LogP contribution in [0, 0.1) is 0 Å². The fourth-order valence-electron chi connectivity index (χ4n) is 0.519. The van der Waals surface area contributed by atoms with Crippen LogP contribution in [0.1, 0.15) is 53.9 Å². The van der Waals surface area contributed by atoms with Gasteiger partial charge in [0, 0.05) is 13.1 Å². The average molecular weight is 248 g/mol. The summed E-state index contributed by atoms with van der Waals surface area (Å²) < 4.78 is 0. The van der Waals surface area contributed by atoms with Crippen LogP contribution >= 0.6 is 0 Å². The maximum Gasteiger partial charge on any atom is 0.123 e. The molecule has 17 heavy (non-hydrogen) atoms. The highest BCUT2D eigenvalue weighted by Crippen LogP contribution is 1.79. The van der Waals surface area contributed by atoms with E-state index in [9.17, 15) is 4.79 Å². The summed E-state index contributed by atoms with van der Waals surface area (Å²) in [5, 5.41) is 6.13. The molecule has 0 aromatic carbocycles. The number of oxime groups is 1. The van der Waals surface area contributed by atoms with Crippen molar-refractivity contribution in [3.05, 3.63) is 0 Å². The minimum atomic E-state index is 0.340. The van der Waals surface area contributed by atoms with Gasteiger partial charge in [-0.15, -0.1) is 5.16 Å². The number of hydrogen-bond donors (Lipinski definition) is 1. The summed E-state index contributed by atoms with van der Waals surface area (Å²) >= 11 is 0. The van der Waals surface area contributed by atoms with Crippen LogP contribution < -0.4 is 5.32 Å². The van der Waals surface area contributed by atoms with E-state index in [0.29, 0.717) is 13.0 Å². The molecule has 1 N–H and O–H groups in total. The molecular formula is C13H32N2O2. The topological polar surface area (TPSA) is 50.7 Å². The predicted molar refractivity (Wildman–Crippen MR) is 77.7 cm³/mol. The smallest absolute Gasteiger partial charge is 0.123 e. The molecular weight excluding hydrogens is 216 g/mol. The quantitative estimate of drug-likeness (QED) is 0.325. The van der Waals surface area contributed by atoms with E-state index < -0.39 is 0 Å². The number of aldehydes is 1. The SMILES string of the molecule is C=NOCCC=O.CC.CC.CCCCNC. The highest BCUT2D eigenvalue weighted by atomic mass is 16.6. The second-order valence-electron chi connectivity index (χ2n) is 2.37.